The molecule has 0 radical (unpaired) electrons. The second kappa shape index (κ2) is 7.94. The third-order valence-corrected chi connectivity index (χ3v) is 4.43. The van der Waals surface area contributed by atoms with Gasteiger partial charge in [0.05, 0.1) is 25.1 Å². The number of carbonyl (C=O) groups is 2. The van der Waals surface area contributed by atoms with Crippen molar-refractivity contribution in [1.29, 1.82) is 0 Å². The maximum absolute atomic E-state index is 12.2. The largest absolute Gasteiger partial charge is 0.483 e. The van der Waals surface area contributed by atoms with Gasteiger partial charge in [0.15, 0.2) is 0 Å². The predicted molar refractivity (Wildman–Crippen MR) is 91.6 cm³/mol. The van der Waals surface area contributed by atoms with E-state index in [1.807, 2.05) is 12.5 Å². The SMILES string of the molecule is O=C(CN1Cc2ccccc2C1)NCc1cncn1C1CC1.O=CO. The Hall–Kier alpha value is -2.67. The summed E-state index contributed by atoms with van der Waals surface area (Å²) >= 11 is 0. The summed E-state index contributed by atoms with van der Waals surface area (Å²) in [6.07, 6.45) is 6.17. The zero-order chi connectivity index (χ0) is 17.6. The molecule has 0 saturated heterocycles. The molecule has 2 N–H and O–H groups in total. The number of amides is 1. The summed E-state index contributed by atoms with van der Waals surface area (Å²) in [5, 5.41) is 9.91. The molecule has 4 rings (SSSR count). The first-order valence-electron chi connectivity index (χ1n) is 8.35. The molecule has 0 atom stereocenters. The van der Waals surface area contributed by atoms with Crippen molar-refractivity contribution >= 4 is 12.4 Å². The molecule has 1 aliphatic heterocycles. The van der Waals surface area contributed by atoms with Crippen LogP contribution in [0.4, 0.5) is 0 Å². The smallest absolute Gasteiger partial charge is 0.290 e. The van der Waals surface area contributed by atoms with Crippen molar-refractivity contribution in [3.63, 3.8) is 0 Å². The van der Waals surface area contributed by atoms with Gasteiger partial charge in [0.1, 0.15) is 0 Å². The minimum Gasteiger partial charge on any atom is -0.483 e. The lowest BCUT2D eigenvalue weighted by Gasteiger charge is -2.14. The van der Waals surface area contributed by atoms with Crippen molar-refractivity contribution < 1.29 is 14.7 Å². The van der Waals surface area contributed by atoms with Gasteiger partial charge in [0, 0.05) is 25.3 Å². The zero-order valence-electron chi connectivity index (χ0n) is 14.0. The highest BCUT2D eigenvalue weighted by Gasteiger charge is 2.25. The maximum Gasteiger partial charge on any atom is 0.290 e. The van der Waals surface area contributed by atoms with Gasteiger partial charge in [-0.3, -0.25) is 14.5 Å². The van der Waals surface area contributed by atoms with Crippen LogP contribution in [0, 0.1) is 0 Å². The number of carboxylic acid groups (broad SMARTS) is 1. The topological polar surface area (TPSA) is 87.5 Å². The maximum atomic E-state index is 12.2. The van der Waals surface area contributed by atoms with Crippen LogP contribution >= 0.6 is 0 Å². The lowest BCUT2D eigenvalue weighted by Crippen LogP contribution is -2.34. The highest BCUT2D eigenvalue weighted by atomic mass is 16.3. The third kappa shape index (κ3) is 4.45. The molecular weight excluding hydrogens is 320 g/mol. The van der Waals surface area contributed by atoms with Gasteiger partial charge in [-0.2, -0.15) is 0 Å². The van der Waals surface area contributed by atoms with Gasteiger partial charge >= 0.3 is 0 Å². The number of nitrogens with zero attached hydrogens (tertiary/aromatic N) is 3. The summed E-state index contributed by atoms with van der Waals surface area (Å²) in [6.45, 7) is 2.50. The molecule has 2 heterocycles. The molecule has 1 fully saturated rings. The minimum absolute atomic E-state index is 0.0800. The molecule has 2 aromatic rings. The normalized spacial score (nSPS) is 15.8. The van der Waals surface area contributed by atoms with E-state index in [2.05, 4.69) is 44.0 Å². The molecule has 2 aliphatic rings. The first-order chi connectivity index (χ1) is 12.2. The second-order valence-electron chi connectivity index (χ2n) is 6.32. The first kappa shape index (κ1) is 17.2. The predicted octanol–water partition coefficient (Wildman–Crippen LogP) is 1.55. The molecule has 1 amide bonds. The Balaban J connectivity index is 0.000000569. The molecule has 1 saturated carbocycles. The van der Waals surface area contributed by atoms with E-state index in [1.54, 1.807) is 0 Å². The van der Waals surface area contributed by atoms with Crippen LogP contribution in [0.15, 0.2) is 36.8 Å². The highest BCUT2D eigenvalue weighted by Crippen LogP contribution is 2.35. The molecule has 7 heteroatoms. The number of rotatable bonds is 5. The summed E-state index contributed by atoms with van der Waals surface area (Å²) in [4.78, 5) is 26.9. The van der Waals surface area contributed by atoms with Gasteiger partial charge in [-0.15, -0.1) is 0 Å². The van der Waals surface area contributed by atoms with Crippen LogP contribution in [0.2, 0.25) is 0 Å². The standard InChI is InChI=1S/C17H20N4O.CH2O2/c22-17(11-20-9-13-3-1-2-4-14(13)10-20)19-8-16-7-18-12-21(16)15-5-6-15;2-1-3/h1-4,7,12,15H,5-6,8-11H2,(H,19,22);1H,(H,2,3). The van der Waals surface area contributed by atoms with E-state index >= 15 is 0 Å². The fourth-order valence-electron chi connectivity index (χ4n) is 3.11. The van der Waals surface area contributed by atoms with E-state index in [1.165, 1.54) is 24.0 Å². The number of hydrogen-bond acceptors (Lipinski definition) is 4. The minimum atomic E-state index is -0.250. The Morgan fingerprint density at radius 1 is 1.28 bits per heavy atom. The van der Waals surface area contributed by atoms with E-state index in [4.69, 9.17) is 9.90 Å². The van der Waals surface area contributed by atoms with Gasteiger partial charge in [-0.05, 0) is 24.0 Å². The van der Waals surface area contributed by atoms with Crippen molar-refractivity contribution in [2.24, 2.45) is 0 Å². The van der Waals surface area contributed by atoms with Crippen LogP contribution < -0.4 is 5.32 Å². The van der Waals surface area contributed by atoms with E-state index in [9.17, 15) is 4.79 Å². The molecular formula is C18H22N4O3. The molecule has 7 nitrogen and oxygen atoms in total. The number of hydrogen-bond donors (Lipinski definition) is 2. The average molecular weight is 342 g/mol. The van der Waals surface area contributed by atoms with Crippen molar-refractivity contribution in [3.8, 4) is 0 Å². The lowest BCUT2D eigenvalue weighted by atomic mass is 10.1. The Morgan fingerprint density at radius 2 is 1.92 bits per heavy atom. The molecule has 25 heavy (non-hydrogen) atoms. The van der Waals surface area contributed by atoms with Crippen molar-refractivity contribution in [3.05, 3.63) is 53.6 Å². The summed E-state index contributed by atoms with van der Waals surface area (Å²) in [7, 11) is 0. The molecule has 0 unspecified atom stereocenters. The molecule has 1 aromatic heterocycles. The average Bonchev–Trinajstić information content (AvgIpc) is 3.19. The summed E-state index contributed by atoms with van der Waals surface area (Å²) in [5.74, 6) is 0.0800. The number of imidazole rings is 1. The molecule has 0 bridgehead atoms. The second-order valence-corrected chi connectivity index (χ2v) is 6.32. The van der Waals surface area contributed by atoms with Crippen molar-refractivity contribution in [2.45, 2.75) is 38.5 Å². The number of aromatic nitrogens is 2. The number of carbonyl (C=O) groups excluding carboxylic acids is 1. The number of nitrogens with one attached hydrogen (secondary N) is 1. The van der Waals surface area contributed by atoms with Gasteiger partial charge < -0.3 is 15.0 Å². The summed E-state index contributed by atoms with van der Waals surface area (Å²) in [6, 6.07) is 8.99. The van der Waals surface area contributed by atoms with Crippen LogP contribution in [-0.4, -0.2) is 38.5 Å². The van der Waals surface area contributed by atoms with Crippen LogP contribution in [0.3, 0.4) is 0 Å². The van der Waals surface area contributed by atoms with Gasteiger partial charge in [0.2, 0.25) is 5.91 Å². The highest BCUT2D eigenvalue weighted by molar-refractivity contribution is 5.78. The van der Waals surface area contributed by atoms with E-state index in [-0.39, 0.29) is 12.4 Å². The number of fused-ring (bicyclic) bond motifs is 1. The Bertz CT molecular complexity index is 714. The molecule has 1 aliphatic carbocycles. The summed E-state index contributed by atoms with van der Waals surface area (Å²) in [5.41, 5.74) is 3.77. The van der Waals surface area contributed by atoms with Gasteiger partial charge in [0.25, 0.3) is 6.47 Å². The fourth-order valence-corrected chi connectivity index (χ4v) is 3.11. The first-order valence-corrected chi connectivity index (χ1v) is 8.35. The van der Waals surface area contributed by atoms with E-state index < -0.39 is 0 Å². The van der Waals surface area contributed by atoms with Crippen LogP contribution in [0.1, 0.15) is 35.7 Å². The quantitative estimate of drug-likeness (QED) is 0.805. The van der Waals surface area contributed by atoms with Crippen LogP contribution in [0.5, 0.6) is 0 Å². The van der Waals surface area contributed by atoms with E-state index in [0.29, 0.717) is 19.1 Å². The Labute approximate surface area is 146 Å². The van der Waals surface area contributed by atoms with Crippen molar-refractivity contribution in [1.82, 2.24) is 19.8 Å². The summed E-state index contributed by atoms with van der Waals surface area (Å²) < 4.78 is 2.19. The monoisotopic (exact) mass is 342 g/mol. The fraction of sp³-hybridized carbons (Fsp3) is 0.389. The molecule has 132 valence electrons. The van der Waals surface area contributed by atoms with Gasteiger partial charge in [-0.25, -0.2) is 4.98 Å². The van der Waals surface area contributed by atoms with Crippen molar-refractivity contribution in [2.75, 3.05) is 6.54 Å². The Morgan fingerprint density at radius 3 is 2.52 bits per heavy atom. The number of benzene rings is 1. The zero-order valence-corrected chi connectivity index (χ0v) is 14.0. The Kier molecular flexibility index (Phi) is 5.45. The van der Waals surface area contributed by atoms with Crippen LogP contribution in [0.25, 0.3) is 0 Å². The van der Waals surface area contributed by atoms with E-state index in [0.717, 1.165) is 18.8 Å². The third-order valence-electron chi connectivity index (χ3n) is 4.43. The molecule has 1 aromatic carbocycles. The lowest BCUT2D eigenvalue weighted by molar-refractivity contribution is -0.123. The van der Waals surface area contributed by atoms with Crippen LogP contribution in [-0.2, 0) is 29.2 Å². The van der Waals surface area contributed by atoms with Gasteiger partial charge in [-0.1, -0.05) is 24.3 Å². The molecule has 0 spiro atoms.